The van der Waals surface area contributed by atoms with Crippen molar-refractivity contribution in [2.45, 2.75) is 88.5 Å². The van der Waals surface area contributed by atoms with Crippen LogP contribution in [0.15, 0.2) is 0 Å². The molecule has 2 aliphatic carbocycles. The molecule has 0 spiro atoms. The molecule has 1 saturated heterocycles. The Morgan fingerprint density at radius 1 is 0.789 bits per heavy atom. The molecule has 1 heterocycles. The molecule has 1 N–H and O–H groups in total. The van der Waals surface area contributed by atoms with Crippen LogP contribution in [0.4, 0.5) is 0 Å². The van der Waals surface area contributed by atoms with Gasteiger partial charge in [-0.15, -0.1) is 0 Å². The summed E-state index contributed by atoms with van der Waals surface area (Å²) in [6.07, 6.45) is 12.8. The Balaban J connectivity index is 1.70. The third-order valence-corrected chi connectivity index (χ3v) is 5.40. The Morgan fingerprint density at radius 2 is 1.47 bits per heavy atom. The first kappa shape index (κ1) is 13.8. The van der Waals surface area contributed by atoms with Crippen molar-refractivity contribution < 1.29 is 9.84 Å². The number of fused-ring (bicyclic) bond motifs is 1. The van der Waals surface area contributed by atoms with Crippen LogP contribution in [0.5, 0.6) is 0 Å². The summed E-state index contributed by atoms with van der Waals surface area (Å²) in [6, 6.07) is 0.983. The minimum atomic E-state index is -0.110. The molecule has 3 aliphatic rings. The zero-order valence-corrected chi connectivity index (χ0v) is 12.1. The topological polar surface area (TPSA) is 32.7 Å². The highest BCUT2D eigenvalue weighted by Gasteiger charge is 2.39. The van der Waals surface area contributed by atoms with Gasteiger partial charge in [-0.05, 0) is 25.7 Å². The summed E-state index contributed by atoms with van der Waals surface area (Å²) in [6.45, 7) is 1.90. The highest BCUT2D eigenvalue weighted by Crippen LogP contribution is 2.33. The predicted octanol–water partition coefficient (Wildman–Crippen LogP) is 2.71. The van der Waals surface area contributed by atoms with E-state index in [1.807, 2.05) is 0 Å². The molecule has 0 bridgehead atoms. The van der Waals surface area contributed by atoms with Crippen LogP contribution in [0, 0.1) is 0 Å². The fourth-order valence-electron chi connectivity index (χ4n) is 4.37. The molecule has 0 aromatic rings. The highest BCUT2D eigenvalue weighted by atomic mass is 16.5. The van der Waals surface area contributed by atoms with Gasteiger partial charge >= 0.3 is 0 Å². The van der Waals surface area contributed by atoms with Gasteiger partial charge in [0.15, 0.2) is 0 Å². The molecule has 3 fully saturated rings. The number of hydrogen-bond acceptors (Lipinski definition) is 3. The lowest BCUT2D eigenvalue weighted by Gasteiger charge is -2.48. The van der Waals surface area contributed by atoms with Gasteiger partial charge in [-0.2, -0.15) is 0 Å². The van der Waals surface area contributed by atoms with Crippen molar-refractivity contribution in [1.29, 1.82) is 0 Å². The summed E-state index contributed by atoms with van der Waals surface area (Å²) in [5, 5.41) is 10.5. The molecule has 4 atom stereocenters. The van der Waals surface area contributed by atoms with Gasteiger partial charge in [0.1, 0.15) is 0 Å². The van der Waals surface area contributed by atoms with E-state index >= 15 is 0 Å². The van der Waals surface area contributed by atoms with Gasteiger partial charge in [-0.3, -0.25) is 4.90 Å². The van der Waals surface area contributed by atoms with Crippen LogP contribution >= 0.6 is 0 Å². The van der Waals surface area contributed by atoms with Crippen molar-refractivity contribution in [3.05, 3.63) is 0 Å². The smallest absolute Gasteiger partial charge is 0.0731 e. The number of morpholine rings is 1. The molecule has 1 aliphatic heterocycles. The lowest BCUT2D eigenvalue weighted by molar-refractivity contribution is -0.121. The third kappa shape index (κ3) is 3.14. The molecular formula is C16H29NO2. The molecule has 3 heteroatoms. The first-order valence-electron chi connectivity index (χ1n) is 8.41. The largest absolute Gasteiger partial charge is 0.391 e. The molecule has 4 unspecified atom stereocenters. The molecule has 0 amide bonds. The van der Waals surface area contributed by atoms with Gasteiger partial charge in [0.2, 0.25) is 0 Å². The van der Waals surface area contributed by atoms with E-state index in [2.05, 4.69) is 4.90 Å². The maximum absolute atomic E-state index is 10.5. The second kappa shape index (κ2) is 6.55. The zero-order chi connectivity index (χ0) is 13.1. The number of ether oxygens (including phenoxy) is 1. The molecule has 19 heavy (non-hydrogen) atoms. The lowest BCUT2D eigenvalue weighted by Crippen LogP contribution is -2.59. The number of aliphatic hydroxyl groups is 1. The van der Waals surface area contributed by atoms with Crippen molar-refractivity contribution >= 4 is 0 Å². The maximum Gasteiger partial charge on any atom is 0.0731 e. The van der Waals surface area contributed by atoms with Crippen molar-refractivity contribution in [2.75, 3.05) is 13.2 Å². The average Bonchev–Trinajstić information content (AvgIpc) is 2.43. The molecule has 3 nitrogen and oxygen atoms in total. The van der Waals surface area contributed by atoms with E-state index in [4.69, 9.17) is 4.74 Å². The second-order valence-electron chi connectivity index (χ2n) is 6.63. The third-order valence-electron chi connectivity index (χ3n) is 5.40. The predicted molar refractivity (Wildman–Crippen MR) is 76.2 cm³/mol. The van der Waals surface area contributed by atoms with Crippen LogP contribution in [0.3, 0.4) is 0 Å². The van der Waals surface area contributed by atoms with Gasteiger partial charge < -0.3 is 9.84 Å². The normalized spacial score (nSPS) is 42.2. The lowest BCUT2D eigenvalue weighted by atomic mass is 9.86. The molecular weight excluding hydrogens is 238 g/mol. The van der Waals surface area contributed by atoms with Gasteiger partial charge in [-0.1, -0.05) is 38.5 Å². The van der Waals surface area contributed by atoms with E-state index < -0.39 is 0 Å². The van der Waals surface area contributed by atoms with Crippen LogP contribution in [-0.4, -0.2) is 47.4 Å². The molecule has 0 aromatic heterocycles. The Bertz CT molecular complexity index is 282. The Labute approximate surface area is 117 Å². The maximum atomic E-state index is 10.5. The number of nitrogens with zero attached hydrogens (tertiary/aromatic N) is 1. The van der Waals surface area contributed by atoms with Gasteiger partial charge in [0.25, 0.3) is 0 Å². The number of hydrogen-bond donors (Lipinski definition) is 1. The monoisotopic (exact) mass is 267 g/mol. The Morgan fingerprint density at radius 3 is 2.37 bits per heavy atom. The van der Waals surface area contributed by atoms with Crippen LogP contribution in [0.25, 0.3) is 0 Å². The minimum Gasteiger partial charge on any atom is -0.391 e. The van der Waals surface area contributed by atoms with E-state index in [0.29, 0.717) is 18.2 Å². The fourth-order valence-corrected chi connectivity index (χ4v) is 4.37. The summed E-state index contributed by atoms with van der Waals surface area (Å²) >= 11 is 0. The second-order valence-corrected chi connectivity index (χ2v) is 6.63. The summed E-state index contributed by atoms with van der Waals surface area (Å²) < 4.78 is 5.97. The van der Waals surface area contributed by atoms with E-state index in [-0.39, 0.29) is 6.10 Å². The number of rotatable bonds is 1. The fraction of sp³-hybridized carbons (Fsp3) is 1.00. The van der Waals surface area contributed by atoms with E-state index in [1.54, 1.807) is 0 Å². The first-order chi connectivity index (χ1) is 9.36. The Hall–Kier alpha value is -0.120. The van der Waals surface area contributed by atoms with Crippen LogP contribution in [0.1, 0.15) is 64.2 Å². The standard InChI is InChI=1S/C16H29NO2/c18-15-9-4-2-1-3-7-13(15)17-11-12-19-16-10-6-5-8-14(16)17/h13-16,18H,1-12H2. The van der Waals surface area contributed by atoms with Gasteiger partial charge in [0.05, 0.1) is 18.8 Å². The van der Waals surface area contributed by atoms with Crippen molar-refractivity contribution in [2.24, 2.45) is 0 Å². The summed E-state index contributed by atoms with van der Waals surface area (Å²) in [7, 11) is 0. The van der Waals surface area contributed by atoms with E-state index in [9.17, 15) is 5.11 Å². The highest BCUT2D eigenvalue weighted by molar-refractivity contribution is 4.93. The van der Waals surface area contributed by atoms with E-state index in [0.717, 1.165) is 19.6 Å². The van der Waals surface area contributed by atoms with Crippen molar-refractivity contribution in [3.63, 3.8) is 0 Å². The molecule has 0 radical (unpaired) electrons. The minimum absolute atomic E-state index is 0.110. The van der Waals surface area contributed by atoms with Gasteiger partial charge in [-0.25, -0.2) is 0 Å². The first-order valence-corrected chi connectivity index (χ1v) is 8.41. The van der Waals surface area contributed by atoms with Crippen LogP contribution in [0.2, 0.25) is 0 Å². The molecule has 3 rings (SSSR count). The van der Waals surface area contributed by atoms with E-state index in [1.165, 1.54) is 57.8 Å². The summed E-state index contributed by atoms with van der Waals surface area (Å²) in [5.74, 6) is 0. The SMILES string of the molecule is OC1CCCCCCC1N1CCOC2CCCCC21. The summed E-state index contributed by atoms with van der Waals surface area (Å²) in [5.41, 5.74) is 0. The average molecular weight is 267 g/mol. The summed E-state index contributed by atoms with van der Waals surface area (Å²) in [4.78, 5) is 2.63. The van der Waals surface area contributed by atoms with Crippen molar-refractivity contribution in [3.8, 4) is 0 Å². The molecule has 0 aromatic carbocycles. The van der Waals surface area contributed by atoms with Crippen molar-refractivity contribution in [1.82, 2.24) is 4.90 Å². The van der Waals surface area contributed by atoms with Crippen LogP contribution < -0.4 is 0 Å². The Kier molecular flexibility index (Phi) is 4.78. The zero-order valence-electron chi connectivity index (χ0n) is 12.1. The molecule has 2 saturated carbocycles. The van der Waals surface area contributed by atoms with Gasteiger partial charge in [0, 0.05) is 18.6 Å². The van der Waals surface area contributed by atoms with Crippen LogP contribution in [-0.2, 0) is 4.74 Å². The number of aliphatic hydroxyl groups excluding tert-OH is 1. The quantitative estimate of drug-likeness (QED) is 0.793. The molecule has 110 valence electrons.